The second kappa shape index (κ2) is 12.7. The van der Waals surface area contributed by atoms with E-state index in [1.54, 1.807) is 7.11 Å². The SMILES string of the molecule is CCCCCC(OCc1ccc(OC)cc1)C1C(=O)OCC1/C=C/CO[Si](C)(C)C(C)(C)C. The van der Waals surface area contributed by atoms with Crippen molar-refractivity contribution >= 4 is 14.3 Å². The fraction of sp³-hybridized carbons (Fsp3) is 0.667. The van der Waals surface area contributed by atoms with Gasteiger partial charge in [-0.1, -0.05) is 71.2 Å². The molecule has 6 heteroatoms. The summed E-state index contributed by atoms with van der Waals surface area (Å²) < 4.78 is 23.3. The van der Waals surface area contributed by atoms with E-state index < -0.39 is 8.32 Å². The summed E-state index contributed by atoms with van der Waals surface area (Å²) in [4.78, 5) is 12.7. The van der Waals surface area contributed by atoms with Gasteiger partial charge in [0.25, 0.3) is 0 Å². The van der Waals surface area contributed by atoms with Crippen molar-refractivity contribution < 1.29 is 23.4 Å². The smallest absolute Gasteiger partial charge is 0.312 e. The Morgan fingerprint density at radius 1 is 1.18 bits per heavy atom. The normalized spacial score (nSPS) is 20.3. The Balaban J connectivity index is 2.04. The summed E-state index contributed by atoms with van der Waals surface area (Å²) in [5.41, 5.74) is 1.07. The Morgan fingerprint density at radius 3 is 2.48 bits per heavy atom. The molecule has 1 aliphatic rings. The minimum absolute atomic E-state index is 0.0167. The predicted octanol–water partition coefficient (Wildman–Crippen LogP) is 6.53. The number of hydrogen-bond donors (Lipinski definition) is 0. The highest BCUT2D eigenvalue weighted by Crippen LogP contribution is 2.36. The molecule has 0 amide bonds. The molecule has 0 saturated carbocycles. The van der Waals surface area contributed by atoms with E-state index in [1.165, 1.54) is 0 Å². The number of carbonyl (C=O) groups is 1. The highest BCUT2D eigenvalue weighted by molar-refractivity contribution is 6.74. The number of cyclic esters (lactones) is 1. The summed E-state index contributed by atoms with van der Waals surface area (Å²) in [6.07, 6.45) is 8.16. The summed E-state index contributed by atoms with van der Waals surface area (Å²) >= 11 is 0. The first kappa shape index (κ1) is 27.6. The molecule has 5 nitrogen and oxygen atoms in total. The van der Waals surface area contributed by atoms with Gasteiger partial charge < -0.3 is 18.6 Å². The lowest BCUT2D eigenvalue weighted by Crippen LogP contribution is -2.40. The zero-order chi connectivity index (χ0) is 24.5. The quantitative estimate of drug-likeness (QED) is 0.140. The summed E-state index contributed by atoms with van der Waals surface area (Å²) in [6, 6.07) is 7.88. The van der Waals surface area contributed by atoms with Crippen molar-refractivity contribution in [3.8, 4) is 5.75 Å². The number of esters is 1. The van der Waals surface area contributed by atoms with E-state index in [1.807, 2.05) is 24.3 Å². The molecule has 1 aromatic rings. The van der Waals surface area contributed by atoms with E-state index in [2.05, 4.69) is 52.9 Å². The van der Waals surface area contributed by atoms with Crippen molar-refractivity contribution in [2.45, 2.75) is 84.2 Å². The fourth-order valence-electron chi connectivity index (χ4n) is 3.75. The Hall–Kier alpha value is -1.63. The molecule has 2 rings (SSSR count). The van der Waals surface area contributed by atoms with Gasteiger partial charge in [-0.05, 0) is 42.2 Å². The molecule has 0 radical (unpaired) electrons. The van der Waals surface area contributed by atoms with E-state index in [0.29, 0.717) is 19.8 Å². The molecule has 1 aromatic carbocycles. The first-order valence-corrected chi connectivity index (χ1v) is 15.2. The first-order chi connectivity index (χ1) is 15.6. The van der Waals surface area contributed by atoms with Crippen LogP contribution < -0.4 is 4.74 Å². The molecule has 33 heavy (non-hydrogen) atoms. The molecule has 1 aliphatic heterocycles. The van der Waals surface area contributed by atoms with Crippen LogP contribution in [0.4, 0.5) is 0 Å². The van der Waals surface area contributed by atoms with Crippen LogP contribution in [0.25, 0.3) is 0 Å². The number of hydrogen-bond acceptors (Lipinski definition) is 5. The van der Waals surface area contributed by atoms with Crippen LogP contribution in [-0.2, 0) is 25.3 Å². The molecule has 3 atom stereocenters. The minimum atomic E-state index is -1.80. The van der Waals surface area contributed by atoms with E-state index in [9.17, 15) is 4.79 Å². The number of methoxy groups -OCH3 is 1. The lowest BCUT2D eigenvalue weighted by atomic mass is 9.87. The molecule has 1 heterocycles. The zero-order valence-corrected chi connectivity index (χ0v) is 22.7. The number of rotatable bonds is 13. The third kappa shape index (κ3) is 8.27. The number of ether oxygens (including phenoxy) is 3. The molecule has 3 unspecified atom stereocenters. The van der Waals surface area contributed by atoms with Gasteiger partial charge in [0.05, 0.1) is 39.0 Å². The largest absolute Gasteiger partial charge is 0.497 e. The van der Waals surface area contributed by atoms with Gasteiger partial charge in [0.1, 0.15) is 5.75 Å². The second-order valence-electron chi connectivity index (χ2n) is 10.5. The predicted molar refractivity (Wildman–Crippen MR) is 136 cm³/mol. The lowest BCUT2D eigenvalue weighted by Gasteiger charge is -2.35. The number of benzene rings is 1. The Labute approximate surface area is 202 Å². The Kier molecular flexibility index (Phi) is 10.6. The van der Waals surface area contributed by atoms with Crippen LogP contribution >= 0.6 is 0 Å². The molecule has 0 aliphatic carbocycles. The average Bonchev–Trinajstić information content (AvgIpc) is 3.13. The standard InChI is InChI=1S/C27H44O5Si/c1-8-9-10-13-24(30-19-21-14-16-23(29-5)17-15-21)25-22(20-31-26(25)28)12-11-18-32-33(6,7)27(2,3)4/h11-12,14-17,22,24-25H,8-10,13,18-20H2,1-7H3/b12-11+. The maximum Gasteiger partial charge on any atom is 0.312 e. The maximum atomic E-state index is 12.7. The van der Waals surface area contributed by atoms with Gasteiger partial charge in [0.15, 0.2) is 8.32 Å². The van der Waals surface area contributed by atoms with Crippen LogP contribution in [0.5, 0.6) is 5.75 Å². The summed E-state index contributed by atoms with van der Waals surface area (Å²) in [7, 11) is -0.137. The van der Waals surface area contributed by atoms with Gasteiger partial charge in [-0.15, -0.1) is 0 Å². The molecule has 1 fully saturated rings. The lowest BCUT2D eigenvalue weighted by molar-refractivity contribution is -0.146. The van der Waals surface area contributed by atoms with Gasteiger partial charge >= 0.3 is 5.97 Å². The van der Waals surface area contributed by atoms with Crippen molar-refractivity contribution in [3.63, 3.8) is 0 Å². The summed E-state index contributed by atoms with van der Waals surface area (Å²) in [5, 5.41) is 0.176. The van der Waals surface area contributed by atoms with Crippen LogP contribution in [0.1, 0.15) is 58.9 Å². The fourth-order valence-corrected chi connectivity index (χ4v) is 4.69. The topological polar surface area (TPSA) is 54.0 Å². The highest BCUT2D eigenvalue weighted by Gasteiger charge is 2.42. The zero-order valence-electron chi connectivity index (χ0n) is 21.7. The third-order valence-corrected chi connectivity index (χ3v) is 11.5. The van der Waals surface area contributed by atoms with E-state index >= 15 is 0 Å². The van der Waals surface area contributed by atoms with Crippen LogP contribution in [0.3, 0.4) is 0 Å². The molecular formula is C27H44O5Si. The molecule has 186 valence electrons. The van der Waals surface area contributed by atoms with Crippen molar-refractivity contribution in [2.24, 2.45) is 11.8 Å². The van der Waals surface area contributed by atoms with Gasteiger partial charge in [-0.2, -0.15) is 0 Å². The van der Waals surface area contributed by atoms with Crippen LogP contribution in [0, 0.1) is 11.8 Å². The molecule has 0 spiro atoms. The second-order valence-corrected chi connectivity index (χ2v) is 15.3. The number of unbranched alkanes of at least 4 members (excludes halogenated alkanes) is 2. The third-order valence-electron chi connectivity index (χ3n) is 7.00. The van der Waals surface area contributed by atoms with Crippen molar-refractivity contribution in [2.75, 3.05) is 20.3 Å². The van der Waals surface area contributed by atoms with Gasteiger partial charge in [-0.25, -0.2) is 0 Å². The maximum absolute atomic E-state index is 12.7. The molecule has 0 bridgehead atoms. The molecular weight excluding hydrogens is 432 g/mol. The van der Waals surface area contributed by atoms with Crippen molar-refractivity contribution in [3.05, 3.63) is 42.0 Å². The van der Waals surface area contributed by atoms with Crippen molar-refractivity contribution in [1.29, 1.82) is 0 Å². The summed E-state index contributed by atoms with van der Waals surface area (Å²) in [5.74, 6) is 0.418. The van der Waals surface area contributed by atoms with E-state index in [4.69, 9.17) is 18.6 Å². The molecule has 1 saturated heterocycles. The van der Waals surface area contributed by atoms with Crippen LogP contribution in [0.2, 0.25) is 18.1 Å². The Bertz CT molecular complexity index is 751. The van der Waals surface area contributed by atoms with Gasteiger partial charge in [-0.3, -0.25) is 4.79 Å². The summed E-state index contributed by atoms with van der Waals surface area (Å²) in [6.45, 7) is 14.9. The van der Waals surface area contributed by atoms with Gasteiger partial charge in [0.2, 0.25) is 0 Å². The van der Waals surface area contributed by atoms with Crippen molar-refractivity contribution in [1.82, 2.24) is 0 Å². The minimum Gasteiger partial charge on any atom is -0.497 e. The van der Waals surface area contributed by atoms with E-state index in [-0.39, 0.29) is 28.9 Å². The highest BCUT2D eigenvalue weighted by atomic mass is 28.4. The monoisotopic (exact) mass is 476 g/mol. The van der Waals surface area contributed by atoms with Crippen LogP contribution in [0.15, 0.2) is 36.4 Å². The molecule has 0 aromatic heterocycles. The number of carbonyl (C=O) groups excluding carboxylic acids is 1. The first-order valence-electron chi connectivity index (χ1n) is 12.3. The van der Waals surface area contributed by atoms with Crippen LogP contribution in [-0.4, -0.2) is 40.7 Å². The van der Waals surface area contributed by atoms with Gasteiger partial charge in [0, 0.05) is 5.92 Å². The molecule has 0 N–H and O–H groups in total. The Morgan fingerprint density at radius 2 is 1.88 bits per heavy atom. The van der Waals surface area contributed by atoms with E-state index in [0.717, 1.165) is 37.0 Å². The average molecular weight is 477 g/mol.